The van der Waals surface area contributed by atoms with Gasteiger partial charge in [0.15, 0.2) is 0 Å². The Morgan fingerprint density at radius 3 is 2.52 bits per heavy atom. The molecule has 7 nitrogen and oxygen atoms in total. The fraction of sp³-hybridized carbons (Fsp3) is 0.375. The molecule has 2 aliphatic heterocycles. The number of alkyl halides is 1. The zero-order chi connectivity index (χ0) is 18.1. The summed E-state index contributed by atoms with van der Waals surface area (Å²) in [6.07, 6.45) is 0.859. The number of benzene rings is 1. The lowest BCUT2D eigenvalue weighted by molar-refractivity contribution is -0.136. The maximum absolute atomic E-state index is 14.2. The first-order chi connectivity index (χ1) is 11.9. The number of carbonyl (C=O) groups excluding carboxylic acids is 4. The lowest BCUT2D eigenvalue weighted by atomic mass is 10.0. The molecular weight excluding hydrogens is 397 g/mol. The summed E-state index contributed by atoms with van der Waals surface area (Å²) in [7, 11) is 0. The number of imide groups is 2. The van der Waals surface area contributed by atoms with E-state index in [1.54, 1.807) is 0 Å². The number of piperidine rings is 1. The second kappa shape index (κ2) is 6.91. The van der Waals surface area contributed by atoms with E-state index in [9.17, 15) is 23.6 Å². The third-order valence-electron chi connectivity index (χ3n) is 4.15. The van der Waals surface area contributed by atoms with Crippen molar-refractivity contribution in [1.29, 1.82) is 0 Å². The Kier molecular flexibility index (Phi) is 4.85. The van der Waals surface area contributed by atoms with Gasteiger partial charge in [-0.1, -0.05) is 15.9 Å². The topological polar surface area (TPSA) is 95.6 Å². The van der Waals surface area contributed by atoms with Gasteiger partial charge in [0, 0.05) is 18.3 Å². The number of rotatable bonds is 5. The monoisotopic (exact) mass is 411 g/mol. The van der Waals surface area contributed by atoms with Crippen LogP contribution in [0.25, 0.3) is 0 Å². The Balaban J connectivity index is 1.88. The molecule has 1 aromatic carbocycles. The number of nitrogens with zero attached hydrogens (tertiary/aromatic N) is 1. The molecule has 2 heterocycles. The molecule has 1 atom stereocenters. The number of fused-ring (bicyclic) bond motifs is 1. The average molecular weight is 412 g/mol. The van der Waals surface area contributed by atoms with Gasteiger partial charge in [-0.15, -0.1) is 0 Å². The molecule has 25 heavy (non-hydrogen) atoms. The summed E-state index contributed by atoms with van der Waals surface area (Å²) in [6.45, 7) is 0.500. The maximum Gasteiger partial charge on any atom is 0.262 e. The van der Waals surface area contributed by atoms with Crippen molar-refractivity contribution in [1.82, 2.24) is 10.2 Å². The minimum atomic E-state index is -1.06. The second-order valence-corrected chi connectivity index (χ2v) is 6.59. The van der Waals surface area contributed by atoms with Crippen molar-refractivity contribution in [3.05, 3.63) is 29.1 Å². The van der Waals surface area contributed by atoms with Crippen molar-refractivity contribution in [2.45, 2.75) is 25.3 Å². The summed E-state index contributed by atoms with van der Waals surface area (Å²) in [5.41, 5.74) is 0.113. The lowest BCUT2D eigenvalue weighted by Gasteiger charge is -2.27. The van der Waals surface area contributed by atoms with Crippen molar-refractivity contribution >= 4 is 45.2 Å². The Bertz CT molecular complexity index is 783. The summed E-state index contributed by atoms with van der Waals surface area (Å²) < 4.78 is 14.2. The molecule has 0 saturated carbocycles. The van der Waals surface area contributed by atoms with Crippen LogP contribution in [-0.2, 0) is 9.59 Å². The van der Waals surface area contributed by atoms with E-state index in [0.717, 1.165) is 22.7 Å². The largest absolute Gasteiger partial charge is 0.383 e. The summed E-state index contributed by atoms with van der Waals surface area (Å²) in [4.78, 5) is 49.1. The number of hydrogen-bond donors (Lipinski definition) is 2. The Hall–Kier alpha value is -2.29. The Morgan fingerprint density at radius 2 is 1.88 bits per heavy atom. The fourth-order valence-corrected chi connectivity index (χ4v) is 3.20. The van der Waals surface area contributed by atoms with Crippen LogP contribution in [0.1, 0.15) is 40.0 Å². The van der Waals surface area contributed by atoms with Gasteiger partial charge >= 0.3 is 0 Å². The van der Waals surface area contributed by atoms with E-state index in [2.05, 4.69) is 26.6 Å². The highest BCUT2D eigenvalue weighted by molar-refractivity contribution is 9.09. The highest BCUT2D eigenvalue weighted by Crippen LogP contribution is 2.31. The summed E-state index contributed by atoms with van der Waals surface area (Å²) in [5.74, 6) is -3.15. The van der Waals surface area contributed by atoms with Crippen LogP contribution in [0, 0.1) is 5.82 Å². The quantitative estimate of drug-likeness (QED) is 0.434. The molecule has 1 fully saturated rings. The standard InChI is InChI=1S/C16H15BrFN3O4/c17-4-1-5-19-11-7-9-8(6-10(11)18)15(24)21(16(9)25)12-2-3-13(22)20-14(12)23/h6-7,12,19H,1-5H2,(H,20,22,23). The van der Waals surface area contributed by atoms with Crippen molar-refractivity contribution < 1.29 is 23.6 Å². The predicted molar refractivity (Wildman–Crippen MR) is 90.0 cm³/mol. The number of hydrogen-bond acceptors (Lipinski definition) is 5. The van der Waals surface area contributed by atoms with Gasteiger partial charge in [-0.25, -0.2) is 4.39 Å². The second-order valence-electron chi connectivity index (χ2n) is 5.79. The average Bonchev–Trinajstić information content (AvgIpc) is 2.79. The molecule has 2 N–H and O–H groups in total. The first-order valence-corrected chi connectivity index (χ1v) is 8.91. The van der Waals surface area contributed by atoms with E-state index in [1.165, 1.54) is 6.07 Å². The van der Waals surface area contributed by atoms with Crippen LogP contribution >= 0.6 is 15.9 Å². The number of halogens is 2. The normalized spacial score (nSPS) is 19.9. The van der Waals surface area contributed by atoms with Crippen LogP contribution in [0.15, 0.2) is 12.1 Å². The number of carbonyl (C=O) groups is 4. The summed E-state index contributed by atoms with van der Waals surface area (Å²) in [5, 5.41) is 5.74. The molecule has 2 aliphatic rings. The van der Waals surface area contributed by atoms with E-state index in [1.807, 2.05) is 0 Å². The molecular formula is C16H15BrFN3O4. The van der Waals surface area contributed by atoms with Crippen LogP contribution in [0.2, 0.25) is 0 Å². The molecule has 0 radical (unpaired) electrons. The highest BCUT2D eigenvalue weighted by Gasteiger charge is 2.45. The minimum absolute atomic E-state index is 0.0392. The molecule has 0 aromatic heterocycles. The predicted octanol–water partition coefficient (Wildman–Crippen LogP) is 1.42. The molecule has 1 unspecified atom stereocenters. The molecule has 3 rings (SSSR count). The zero-order valence-electron chi connectivity index (χ0n) is 13.1. The van der Waals surface area contributed by atoms with Crippen LogP contribution in [0.4, 0.5) is 10.1 Å². The first-order valence-electron chi connectivity index (χ1n) is 7.79. The third-order valence-corrected chi connectivity index (χ3v) is 4.71. The Labute approximate surface area is 151 Å². The van der Waals surface area contributed by atoms with E-state index < -0.39 is 35.5 Å². The van der Waals surface area contributed by atoms with Gasteiger partial charge in [0.2, 0.25) is 11.8 Å². The molecule has 0 spiro atoms. The lowest BCUT2D eigenvalue weighted by Crippen LogP contribution is -2.54. The van der Waals surface area contributed by atoms with E-state index in [-0.39, 0.29) is 29.7 Å². The van der Waals surface area contributed by atoms with Crippen LogP contribution in [0.3, 0.4) is 0 Å². The molecule has 1 saturated heterocycles. The smallest absolute Gasteiger partial charge is 0.262 e. The highest BCUT2D eigenvalue weighted by atomic mass is 79.9. The van der Waals surface area contributed by atoms with E-state index >= 15 is 0 Å². The van der Waals surface area contributed by atoms with Gasteiger partial charge < -0.3 is 5.32 Å². The SMILES string of the molecule is O=C1CCC(N2C(=O)c3cc(F)c(NCCCBr)cc3C2=O)C(=O)N1. The van der Waals surface area contributed by atoms with Crippen molar-refractivity contribution in [2.75, 3.05) is 17.2 Å². The van der Waals surface area contributed by atoms with Crippen LogP contribution in [-0.4, -0.2) is 46.4 Å². The van der Waals surface area contributed by atoms with Gasteiger partial charge in [-0.3, -0.25) is 29.4 Å². The molecule has 0 bridgehead atoms. The maximum atomic E-state index is 14.2. The van der Waals surface area contributed by atoms with Crippen molar-refractivity contribution in [3.63, 3.8) is 0 Å². The van der Waals surface area contributed by atoms with Gasteiger partial charge in [0.25, 0.3) is 11.8 Å². The van der Waals surface area contributed by atoms with Gasteiger partial charge in [0.1, 0.15) is 11.9 Å². The molecule has 0 aliphatic carbocycles. The number of anilines is 1. The van der Waals surface area contributed by atoms with Crippen molar-refractivity contribution in [3.8, 4) is 0 Å². The fourth-order valence-electron chi connectivity index (χ4n) is 2.92. The third kappa shape index (κ3) is 3.15. The molecule has 132 valence electrons. The van der Waals surface area contributed by atoms with E-state index in [4.69, 9.17) is 0 Å². The minimum Gasteiger partial charge on any atom is -0.383 e. The summed E-state index contributed by atoms with van der Waals surface area (Å²) >= 11 is 3.27. The van der Waals surface area contributed by atoms with Crippen LogP contribution in [0.5, 0.6) is 0 Å². The number of amides is 4. The number of nitrogens with one attached hydrogen (secondary N) is 2. The molecule has 4 amide bonds. The van der Waals surface area contributed by atoms with Gasteiger partial charge in [-0.2, -0.15) is 0 Å². The molecule has 9 heteroatoms. The molecule has 1 aromatic rings. The van der Waals surface area contributed by atoms with Gasteiger partial charge in [0.05, 0.1) is 16.8 Å². The van der Waals surface area contributed by atoms with Crippen LogP contribution < -0.4 is 10.6 Å². The summed E-state index contributed by atoms with van der Waals surface area (Å²) in [6, 6.07) is 1.25. The van der Waals surface area contributed by atoms with Gasteiger partial charge in [-0.05, 0) is 25.0 Å². The Morgan fingerprint density at radius 1 is 1.20 bits per heavy atom. The van der Waals surface area contributed by atoms with Crippen molar-refractivity contribution in [2.24, 2.45) is 0 Å². The van der Waals surface area contributed by atoms with E-state index in [0.29, 0.717) is 6.54 Å². The zero-order valence-corrected chi connectivity index (χ0v) is 14.7. The first kappa shape index (κ1) is 17.5.